The van der Waals surface area contributed by atoms with E-state index >= 15 is 0 Å². The smallest absolute Gasteiger partial charge is 0.169 e. The van der Waals surface area contributed by atoms with E-state index in [1.807, 2.05) is 19.1 Å². The highest BCUT2D eigenvalue weighted by atomic mass is 16.5. The molecule has 0 amide bonds. The topological polar surface area (TPSA) is 37.4 Å². The van der Waals surface area contributed by atoms with Gasteiger partial charge in [-0.15, -0.1) is 0 Å². The second kappa shape index (κ2) is 8.00. The molecule has 1 rings (SSSR count). The van der Waals surface area contributed by atoms with E-state index in [4.69, 9.17) is 4.74 Å². The zero-order valence-electron chi connectivity index (χ0n) is 12.8. The second-order valence-corrected chi connectivity index (χ2v) is 5.52. The predicted molar refractivity (Wildman–Crippen MR) is 80.8 cm³/mol. The third-order valence-corrected chi connectivity index (χ3v) is 2.75. The number of ether oxygens (including phenoxy) is 1. The van der Waals surface area contributed by atoms with Gasteiger partial charge in [0.05, 0.1) is 6.61 Å². The maximum Gasteiger partial charge on any atom is 0.169 e. The lowest BCUT2D eigenvalue weighted by Crippen LogP contribution is -2.33. The molecule has 0 aliphatic rings. The molecule has 1 aromatic heterocycles. The van der Waals surface area contributed by atoms with Gasteiger partial charge in [-0.2, -0.15) is 0 Å². The molecule has 0 radical (unpaired) electrons. The first-order chi connectivity index (χ1) is 9.02. The zero-order valence-corrected chi connectivity index (χ0v) is 12.8. The Labute approximate surface area is 117 Å². The number of likely N-dealkylation sites (N-methyl/N-ethyl adjacent to an activating group) is 1. The molecule has 1 heterocycles. The highest BCUT2D eigenvalue weighted by Crippen LogP contribution is 2.23. The highest BCUT2D eigenvalue weighted by Gasteiger charge is 2.14. The number of rotatable bonds is 8. The Balaban J connectivity index is 2.76. The molecule has 0 aliphatic carbocycles. The Morgan fingerprint density at radius 2 is 2.11 bits per heavy atom. The summed E-state index contributed by atoms with van der Waals surface area (Å²) in [5, 5.41) is 3.52. The SMILES string of the molecule is CCOc1cccnc1NC(CC(C)C)CN(C)C. The normalized spacial score (nSPS) is 12.8. The molecule has 0 bridgehead atoms. The maximum atomic E-state index is 5.61. The Morgan fingerprint density at radius 3 is 2.68 bits per heavy atom. The van der Waals surface area contributed by atoms with Crippen molar-refractivity contribution in [2.45, 2.75) is 33.2 Å². The summed E-state index contributed by atoms with van der Waals surface area (Å²) in [6.07, 6.45) is 2.91. The third-order valence-electron chi connectivity index (χ3n) is 2.75. The minimum absolute atomic E-state index is 0.379. The van der Waals surface area contributed by atoms with Gasteiger partial charge in [-0.3, -0.25) is 0 Å². The molecule has 4 nitrogen and oxygen atoms in total. The fraction of sp³-hybridized carbons (Fsp3) is 0.667. The van der Waals surface area contributed by atoms with Crippen LogP contribution in [0.5, 0.6) is 5.75 Å². The number of pyridine rings is 1. The van der Waals surface area contributed by atoms with Crippen molar-refractivity contribution in [1.29, 1.82) is 0 Å². The average Bonchev–Trinajstić information content (AvgIpc) is 2.30. The van der Waals surface area contributed by atoms with Gasteiger partial charge in [-0.05, 0) is 45.5 Å². The number of anilines is 1. The molecule has 4 heteroatoms. The number of hydrogen-bond donors (Lipinski definition) is 1. The van der Waals surface area contributed by atoms with Crippen molar-refractivity contribution in [2.24, 2.45) is 5.92 Å². The van der Waals surface area contributed by atoms with Crippen LogP contribution < -0.4 is 10.1 Å². The molecule has 0 fully saturated rings. The van der Waals surface area contributed by atoms with Crippen LogP contribution in [0.1, 0.15) is 27.2 Å². The lowest BCUT2D eigenvalue weighted by molar-refractivity contribution is 0.335. The number of hydrogen-bond acceptors (Lipinski definition) is 4. The minimum Gasteiger partial charge on any atom is -0.490 e. The molecule has 1 aromatic rings. The largest absolute Gasteiger partial charge is 0.490 e. The first-order valence-electron chi connectivity index (χ1n) is 7.02. The quantitative estimate of drug-likeness (QED) is 0.784. The van der Waals surface area contributed by atoms with Crippen molar-refractivity contribution in [2.75, 3.05) is 32.6 Å². The van der Waals surface area contributed by atoms with Crippen LogP contribution in [0.4, 0.5) is 5.82 Å². The van der Waals surface area contributed by atoms with Crippen molar-refractivity contribution in [3.63, 3.8) is 0 Å². The van der Waals surface area contributed by atoms with Gasteiger partial charge < -0.3 is 15.0 Å². The van der Waals surface area contributed by atoms with Crippen molar-refractivity contribution in [3.05, 3.63) is 18.3 Å². The summed E-state index contributed by atoms with van der Waals surface area (Å²) in [5.74, 6) is 2.33. The summed E-state index contributed by atoms with van der Waals surface area (Å²) in [6.45, 7) is 8.11. The van der Waals surface area contributed by atoms with Gasteiger partial charge in [0.25, 0.3) is 0 Å². The van der Waals surface area contributed by atoms with Crippen LogP contribution in [0.2, 0.25) is 0 Å². The molecule has 19 heavy (non-hydrogen) atoms. The van der Waals surface area contributed by atoms with Gasteiger partial charge in [-0.25, -0.2) is 4.98 Å². The average molecular weight is 265 g/mol. The van der Waals surface area contributed by atoms with E-state index < -0.39 is 0 Å². The number of nitrogens with zero attached hydrogens (tertiary/aromatic N) is 2. The van der Waals surface area contributed by atoms with E-state index in [9.17, 15) is 0 Å². The Bertz CT molecular complexity index is 356. The molecule has 1 unspecified atom stereocenters. The fourth-order valence-corrected chi connectivity index (χ4v) is 2.15. The highest BCUT2D eigenvalue weighted by molar-refractivity contribution is 5.50. The van der Waals surface area contributed by atoms with Crippen LogP contribution in [0.15, 0.2) is 18.3 Å². The summed E-state index contributed by atoms with van der Waals surface area (Å²) in [5.41, 5.74) is 0. The lowest BCUT2D eigenvalue weighted by atomic mass is 10.0. The Morgan fingerprint density at radius 1 is 1.37 bits per heavy atom. The molecule has 0 aliphatic heterocycles. The summed E-state index contributed by atoms with van der Waals surface area (Å²) >= 11 is 0. The van der Waals surface area contributed by atoms with Crippen LogP contribution in [0, 0.1) is 5.92 Å². The van der Waals surface area contributed by atoms with Gasteiger partial charge in [0, 0.05) is 18.8 Å². The monoisotopic (exact) mass is 265 g/mol. The molecular weight excluding hydrogens is 238 g/mol. The van der Waals surface area contributed by atoms with Gasteiger partial charge in [0.2, 0.25) is 0 Å². The van der Waals surface area contributed by atoms with Gasteiger partial charge in [0.1, 0.15) is 0 Å². The molecule has 0 aromatic carbocycles. The lowest BCUT2D eigenvalue weighted by Gasteiger charge is -2.25. The molecule has 108 valence electrons. The summed E-state index contributed by atoms with van der Waals surface area (Å²) < 4.78 is 5.61. The fourth-order valence-electron chi connectivity index (χ4n) is 2.15. The van der Waals surface area contributed by atoms with Crippen molar-refractivity contribution < 1.29 is 4.74 Å². The maximum absolute atomic E-state index is 5.61. The molecule has 1 atom stereocenters. The zero-order chi connectivity index (χ0) is 14.3. The molecule has 0 spiro atoms. The third kappa shape index (κ3) is 5.92. The first-order valence-corrected chi connectivity index (χ1v) is 7.02. The Kier molecular flexibility index (Phi) is 6.64. The van der Waals surface area contributed by atoms with Crippen LogP contribution in [0.25, 0.3) is 0 Å². The summed E-state index contributed by atoms with van der Waals surface area (Å²) in [4.78, 5) is 6.59. The molecule has 1 N–H and O–H groups in total. The van der Waals surface area contributed by atoms with E-state index in [1.54, 1.807) is 6.20 Å². The summed E-state index contributed by atoms with van der Waals surface area (Å²) in [6, 6.07) is 4.24. The van der Waals surface area contributed by atoms with Gasteiger partial charge >= 0.3 is 0 Å². The number of nitrogens with one attached hydrogen (secondary N) is 1. The predicted octanol–water partition coefficient (Wildman–Crippen LogP) is 2.87. The van der Waals surface area contributed by atoms with Crippen molar-refractivity contribution >= 4 is 5.82 Å². The molecular formula is C15H27N3O. The van der Waals surface area contributed by atoms with Crippen molar-refractivity contribution in [3.8, 4) is 5.75 Å². The van der Waals surface area contributed by atoms with Crippen LogP contribution in [0.3, 0.4) is 0 Å². The van der Waals surface area contributed by atoms with Crippen molar-refractivity contribution in [1.82, 2.24) is 9.88 Å². The van der Waals surface area contributed by atoms with E-state index in [2.05, 4.69) is 43.1 Å². The van der Waals surface area contributed by atoms with Crippen LogP contribution in [-0.4, -0.2) is 43.2 Å². The second-order valence-electron chi connectivity index (χ2n) is 5.52. The first kappa shape index (κ1) is 15.8. The van der Waals surface area contributed by atoms with Gasteiger partial charge in [0.15, 0.2) is 11.6 Å². The van der Waals surface area contributed by atoms with E-state index in [-0.39, 0.29) is 0 Å². The standard InChI is InChI=1S/C15H27N3O/c1-6-19-14-8-7-9-16-15(14)17-13(10-12(2)3)11-18(4)5/h7-9,12-13H,6,10-11H2,1-5H3,(H,16,17). The van der Waals surface area contributed by atoms with Crippen LogP contribution in [-0.2, 0) is 0 Å². The minimum atomic E-state index is 0.379. The summed E-state index contributed by atoms with van der Waals surface area (Å²) in [7, 11) is 4.19. The van der Waals surface area contributed by atoms with E-state index in [0.29, 0.717) is 18.6 Å². The Hall–Kier alpha value is -1.29. The van der Waals surface area contributed by atoms with Crippen LogP contribution >= 0.6 is 0 Å². The molecule has 0 saturated carbocycles. The van der Waals surface area contributed by atoms with Gasteiger partial charge in [-0.1, -0.05) is 13.8 Å². The van der Waals surface area contributed by atoms with E-state index in [1.165, 1.54) is 0 Å². The van der Waals surface area contributed by atoms with E-state index in [0.717, 1.165) is 24.5 Å². The number of aromatic nitrogens is 1. The molecule has 0 saturated heterocycles.